The number of carbonyl (C=O) groups excluding carboxylic acids is 1. The van der Waals surface area contributed by atoms with Crippen molar-refractivity contribution in [2.75, 3.05) is 28.4 Å². The van der Waals surface area contributed by atoms with Crippen LogP contribution in [0.5, 0.6) is 17.2 Å². The minimum atomic E-state index is -0.338. The summed E-state index contributed by atoms with van der Waals surface area (Å²) in [5.41, 5.74) is 2.62. The van der Waals surface area contributed by atoms with Gasteiger partial charge in [-0.1, -0.05) is 34.7 Å². The van der Waals surface area contributed by atoms with Crippen LogP contribution in [0.25, 0.3) is 0 Å². The topological polar surface area (TPSA) is 54.0 Å². The van der Waals surface area contributed by atoms with Crippen LogP contribution in [0.1, 0.15) is 25.4 Å². The molecule has 0 spiro atoms. The van der Waals surface area contributed by atoms with Gasteiger partial charge < -0.3 is 18.9 Å². The molecule has 0 heterocycles. The van der Waals surface area contributed by atoms with E-state index in [4.69, 9.17) is 18.9 Å². The van der Waals surface area contributed by atoms with E-state index in [0.29, 0.717) is 17.7 Å². The first-order valence-electron chi connectivity index (χ1n) is 7.65. The first-order chi connectivity index (χ1) is 12.0. The lowest BCUT2D eigenvalue weighted by Crippen LogP contribution is -2.04. The Morgan fingerprint density at radius 1 is 0.960 bits per heavy atom. The molecule has 0 fully saturated rings. The lowest BCUT2D eigenvalue weighted by Gasteiger charge is -2.18. The van der Waals surface area contributed by atoms with Gasteiger partial charge in [0.1, 0.15) is 17.2 Å². The maximum Gasteiger partial charge on any atom is 0.337 e. The molecule has 5 nitrogen and oxygen atoms in total. The Kier molecular flexibility index (Phi) is 6.92. The van der Waals surface area contributed by atoms with Gasteiger partial charge in [-0.25, -0.2) is 4.79 Å². The summed E-state index contributed by atoms with van der Waals surface area (Å²) in [6.07, 6.45) is 0.717. The molecule has 0 aromatic heterocycles. The number of rotatable bonds is 7. The van der Waals surface area contributed by atoms with Gasteiger partial charge in [0.25, 0.3) is 0 Å². The number of hydrogen-bond acceptors (Lipinski definition) is 5. The predicted octanol–water partition coefficient (Wildman–Crippen LogP) is 4.22. The summed E-state index contributed by atoms with van der Waals surface area (Å²) in [6, 6.07) is 11.1. The fourth-order valence-electron chi connectivity index (χ4n) is 2.52. The van der Waals surface area contributed by atoms with Crippen LogP contribution in [-0.2, 0) is 11.2 Å². The van der Waals surface area contributed by atoms with Crippen molar-refractivity contribution in [1.29, 1.82) is 0 Å². The van der Waals surface area contributed by atoms with Crippen LogP contribution in [0.15, 0.2) is 36.4 Å². The van der Waals surface area contributed by atoms with Crippen molar-refractivity contribution < 1.29 is 23.7 Å². The van der Waals surface area contributed by atoms with Crippen LogP contribution in [0, 0.1) is 0 Å². The zero-order valence-electron chi connectivity index (χ0n) is 14.7. The molecule has 0 aliphatic heterocycles. The van der Waals surface area contributed by atoms with Crippen LogP contribution >= 0.6 is 22.6 Å². The smallest absolute Gasteiger partial charge is 0.337 e. The average Bonchev–Trinajstić information content (AvgIpc) is 2.67. The molecule has 6 heteroatoms. The Hall–Kier alpha value is -1.96. The minimum Gasteiger partial charge on any atom is -0.496 e. The van der Waals surface area contributed by atoms with E-state index in [1.165, 1.54) is 7.11 Å². The van der Waals surface area contributed by atoms with Gasteiger partial charge in [-0.05, 0) is 24.1 Å². The molecule has 0 saturated heterocycles. The summed E-state index contributed by atoms with van der Waals surface area (Å²) < 4.78 is 21.2. The lowest BCUT2D eigenvalue weighted by atomic mass is 10.0. The van der Waals surface area contributed by atoms with Gasteiger partial charge in [-0.3, -0.25) is 0 Å². The molecule has 2 rings (SSSR count). The third kappa shape index (κ3) is 4.56. The number of esters is 1. The lowest BCUT2D eigenvalue weighted by molar-refractivity contribution is 0.0600. The molecule has 134 valence electrons. The molecule has 0 saturated carbocycles. The summed E-state index contributed by atoms with van der Waals surface area (Å²) >= 11 is 2.37. The second-order valence-electron chi connectivity index (χ2n) is 5.30. The van der Waals surface area contributed by atoms with Crippen molar-refractivity contribution in [3.05, 3.63) is 53.1 Å². The Morgan fingerprint density at radius 2 is 1.52 bits per heavy atom. The standard InChI is InChI=1S/C19H21IO5/c1-22-14-9-17(23-2)15(18(10-14)24-3)11-16(20)12-5-7-13(8-6-12)19(21)25-4/h5-10,16H,11H2,1-4H3. The fourth-order valence-corrected chi connectivity index (χ4v) is 3.38. The van der Waals surface area contributed by atoms with Crippen molar-refractivity contribution in [3.8, 4) is 17.2 Å². The molecule has 0 aliphatic rings. The molecule has 0 amide bonds. The van der Waals surface area contributed by atoms with Crippen LogP contribution in [0.3, 0.4) is 0 Å². The van der Waals surface area contributed by atoms with Crippen molar-refractivity contribution >= 4 is 28.6 Å². The van der Waals surface area contributed by atoms with Gasteiger partial charge in [0.2, 0.25) is 0 Å². The molecule has 0 aliphatic carbocycles. The van der Waals surface area contributed by atoms with Crippen LogP contribution in [0.4, 0.5) is 0 Å². The largest absolute Gasteiger partial charge is 0.496 e. The normalized spacial score (nSPS) is 11.6. The van der Waals surface area contributed by atoms with Gasteiger partial charge in [0, 0.05) is 21.6 Å². The van der Waals surface area contributed by atoms with Crippen LogP contribution < -0.4 is 14.2 Å². The molecule has 0 radical (unpaired) electrons. The maximum absolute atomic E-state index is 11.5. The fraction of sp³-hybridized carbons (Fsp3) is 0.316. The van der Waals surface area contributed by atoms with Gasteiger partial charge in [0.15, 0.2) is 0 Å². The summed E-state index contributed by atoms with van der Waals surface area (Å²) in [5, 5.41) is 0. The minimum absolute atomic E-state index is 0.181. The molecule has 2 aromatic rings. The molecular formula is C19H21IO5. The first-order valence-corrected chi connectivity index (χ1v) is 8.89. The van der Waals surface area contributed by atoms with E-state index in [2.05, 4.69) is 22.6 Å². The highest BCUT2D eigenvalue weighted by Gasteiger charge is 2.18. The second kappa shape index (κ2) is 8.94. The molecule has 0 N–H and O–H groups in total. The van der Waals surface area contributed by atoms with Gasteiger partial charge in [0.05, 0.1) is 34.0 Å². The number of benzene rings is 2. The second-order valence-corrected chi connectivity index (χ2v) is 6.80. The van der Waals surface area contributed by atoms with E-state index in [0.717, 1.165) is 22.6 Å². The van der Waals surface area contributed by atoms with Crippen molar-refractivity contribution in [2.24, 2.45) is 0 Å². The Labute approximate surface area is 161 Å². The Bertz CT molecular complexity index is 702. The van der Waals surface area contributed by atoms with Crippen molar-refractivity contribution in [3.63, 3.8) is 0 Å². The summed E-state index contributed by atoms with van der Waals surface area (Å²) in [5.74, 6) is 1.80. The van der Waals surface area contributed by atoms with Crippen molar-refractivity contribution in [2.45, 2.75) is 10.3 Å². The highest BCUT2D eigenvalue weighted by molar-refractivity contribution is 14.1. The summed E-state index contributed by atoms with van der Waals surface area (Å²) in [6.45, 7) is 0. The van der Waals surface area contributed by atoms with Crippen molar-refractivity contribution in [1.82, 2.24) is 0 Å². The SMILES string of the molecule is COC(=O)c1ccc(C(I)Cc2c(OC)cc(OC)cc2OC)cc1. The zero-order valence-corrected chi connectivity index (χ0v) is 16.8. The molecule has 0 bridgehead atoms. The predicted molar refractivity (Wildman–Crippen MR) is 104 cm³/mol. The molecular weight excluding hydrogens is 435 g/mol. The third-order valence-corrected chi connectivity index (χ3v) is 5.05. The first kappa shape index (κ1) is 19.4. The van der Waals surface area contributed by atoms with Gasteiger partial charge >= 0.3 is 5.97 Å². The highest BCUT2D eigenvalue weighted by atomic mass is 127. The van der Waals surface area contributed by atoms with Crippen LogP contribution in [-0.4, -0.2) is 34.4 Å². The number of hydrogen-bond donors (Lipinski definition) is 0. The van der Waals surface area contributed by atoms with Gasteiger partial charge in [-0.15, -0.1) is 0 Å². The number of carbonyl (C=O) groups is 1. The highest BCUT2D eigenvalue weighted by Crippen LogP contribution is 2.39. The molecule has 25 heavy (non-hydrogen) atoms. The number of alkyl halides is 1. The Morgan fingerprint density at radius 3 is 1.96 bits per heavy atom. The Balaban J connectivity index is 2.27. The third-order valence-electron chi connectivity index (χ3n) is 3.89. The summed E-state index contributed by atoms with van der Waals surface area (Å²) in [4.78, 5) is 11.5. The summed E-state index contributed by atoms with van der Waals surface area (Å²) in [7, 11) is 6.24. The van der Waals surface area contributed by atoms with E-state index in [-0.39, 0.29) is 9.89 Å². The molecule has 1 unspecified atom stereocenters. The number of ether oxygens (including phenoxy) is 4. The van der Waals surface area contributed by atoms with E-state index in [9.17, 15) is 4.79 Å². The maximum atomic E-state index is 11.5. The zero-order chi connectivity index (χ0) is 18.4. The molecule has 1 atom stereocenters. The van der Waals surface area contributed by atoms with E-state index in [1.807, 2.05) is 24.3 Å². The average molecular weight is 456 g/mol. The molecule has 2 aromatic carbocycles. The van der Waals surface area contributed by atoms with Gasteiger partial charge in [-0.2, -0.15) is 0 Å². The van der Waals surface area contributed by atoms with E-state index >= 15 is 0 Å². The van der Waals surface area contributed by atoms with E-state index < -0.39 is 0 Å². The number of halogens is 1. The van der Waals surface area contributed by atoms with Crippen LogP contribution in [0.2, 0.25) is 0 Å². The monoisotopic (exact) mass is 456 g/mol. The quantitative estimate of drug-likeness (QED) is 0.355. The number of methoxy groups -OCH3 is 4. The van der Waals surface area contributed by atoms with E-state index in [1.54, 1.807) is 33.5 Å².